The first kappa shape index (κ1) is 13.1. The number of hydrogen-bond acceptors (Lipinski definition) is 3. The molecule has 0 aromatic heterocycles. The Kier molecular flexibility index (Phi) is 4.41. The fraction of sp³-hybridized carbons (Fsp3) is 0.300. The molecule has 1 aromatic rings. The maximum atomic E-state index is 10.5. The van der Waals surface area contributed by atoms with Crippen LogP contribution in [0.1, 0.15) is 18.0 Å². The summed E-state index contributed by atoms with van der Waals surface area (Å²) in [4.78, 5) is 10.5. The van der Waals surface area contributed by atoms with E-state index in [0.29, 0.717) is 21.4 Å². The number of hydrogen-bond donors (Lipinski definition) is 2. The highest BCUT2D eigenvalue weighted by Gasteiger charge is 2.17. The monoisotopic (exact) mass is 263 g/mol. The number of carboxylic acids is 1. The minimum Gasteiger partial charge on any atom is -0.495 e. The van der Waals surface area contributed by atoms with Gasteiger partial charge in [-0.2, -0.15) is 0 Å². The Bertz CT molecular complexity index is 409. The van der Waals surface area contributed by atoms with Crippen molar-refractivity contribution in [2.45, 2.75) is 12.5 Å². The van der Waals surface area contributed by atoms with Crippen LogP contribution in [0.25, 0.3) is 0 Å². The van der Waals surface area contributed by atoms with E-state index < -0.39 is 12.0 Å². The lowest BCUT2D eigenvalue weighted by atomic mass is 10.0. The third-order valence-corrected chi connectivity index (χ3v) is 2.67. The van der Waals surface area contributed by atoms with Gasteiger partial charge in [0.2, 0.25) is 0 Å². The number of ether oxygens (including phenoxy) is 1. The number of carbonyl (C=O) groups is 1. The Morgan fingerprint density at radius 2 is 2.19 bits per heavy atom. The maximum Gasteiger partial charge on any atom is 0.305 e. The summed E-state index contributed by atoms with van der Waals surface area (Å²) < 4.78 is 5.00. The summed E-state index contributed by atoms with van der Waals surface area (Å²) in [6, 6.07) is 2.37. The smallest absolute Gasteiger partial charge is 0.305 e. The highest BCUT2D eigenvalue weighted by Crippen LogP contribution is 2.35. The molecule has 16 heavy (non-hydrogen) atoms. The van der Waals surface area contributed by atoms with E-state index in [1.54, 1.807) is 12.1 Å². The molecule has 0 aliphatic heterocycles. The molecule has 1 unspecified atom stereocenters. The van der Waals surface area contributed by atoms with Crippen molar-refractivity contribution in [2.24, 2.45) is 5.73 Å². The first-order chi connectivity index (χ1) is 7.45. The molecular weight excluding hydrogens is 253 g/mol. The lowest BCUT2D eigenvalue weighted by molar-refractivity contribution is -0.137. The van der Waals surface area contributed by atoms with Crippen molar-refractivity contribution in [3.63, 3.8) is 0 Å². The summed E-state index contributed by atoms with van der Waals surface area (Å²) in [5.74, 6) is -0.618. The summed E-state index contributed by atoms with van der Waals surface area (Å²) in [5, 5.41) is 9.34. The van der Waals surface area contributed by atoms with Crippen molar-refractivity contribution < 1.29 is 14.6 Å². The van der Waals surface area contributed by atoms with Gasteiger partial charge in [-0.3, -0.25) is 4.79 Å². The van der Waals surface area contributed by atoms with Gasteiger partial charge in [0.1, 0.15) is 5.75 Å². The average Bonchev–Trinajstić information content (AvgIpc) is 2.19. The van der Waals surface area contributed by atoms with Crippen LogP contribution in [0.4, 0.5) is 0 Å². The van der Waals surface area contributed by atoms with Gasteiger partial charge in [0.25, 0.3) is 0 Å². The topological polar surface area (TPSA) is 72.5 Å². The zero-order valence-electron chi connectivity index (χ0n) is 8.54. The third-order valence-electron chi connectivity index (χ3n) is 2.05. The molecule has 0 aliphatic rings. The Hall–Kier alpha value is -0.970. The highest BCUT2D eigenvalue weighted by molar-refractivity contribution is 6.35. The van der Waals surface area contributed by atoms with Crippen molar-refractivity contribution in [1.82, 2.24) is 0 Å². The van der Waals surface area contributed by atoms with Gasteiger partial charge in [0, 0.05) is 17.1 Å². The summed E-state index contributed by atoms with van der Waals surface area (Å²) in [6.07, 6.45) is -0.219. The number of carboxylic acid groups (broad SMARTS) is 1. The molecule has 4 nitrogen and oxygen atoms in total. The van der Waals surface area contributed by atoms with Crippen LogP contribution in [0.3, 0.4) is 0 Å². The quantitative estimate of drug-likeness (QED) is 0.876. The Morgan fingerprint density at radius 1 is 1.56 bits per heavy atom. The number of benzene rings is 1. The van der Waals surface area contributed by atoms with Crippen LogP contribution in [-0.2, 0) is 4.79 Å². The van der Waals surface area contributed by atoms with Gasteiger partial charge in [0.05, 0.1) is 18.6 Å². The number of rotatable bonds is 4. The summed E-state index contributed by atoms with van der Waals surface area (Å²) >= 11 is 11.8. The summed E-state index contributed by atoms with van der Waals surface area (Å²) in [7, 11) is 1.45. The molecule has 0 spiro atoms. The van der Waals surface area contributed by atoms with Crippen LogP contribution >= 0.6 is 23.2 Å². The molecule has 0 saturated heterocycles. The lowest BCUT2D eigenvalue weighted by Crippen LogP contribution is -2.15. The van der Waals surface area contributed by atoms with Gasteiger partial charge in [0.15, 0.2) is 0 Å². The van der Waals surface area contributed by atoms with Gasteiger partial charge in [-0.1, -0.05) is 23.2 Å². The molecule has 3 N–H and O–H groups in total. The van der Waals surface area contributed by atoms with E-state index in [-0.39, 0.29) is 6.42 Å². The van der Waals surface area contributed by atoms with Crippen LogP contribution < -0.4 is 10.5 Å². The second-order valence-corrected chi connectivity index (χ2v) is 4.03. The van der Waals surface area contributed by atoms with Crippen LogP contribution in [0, 0.1) is 0 Å². The summed E-state index contributed by atoms with van der Waals surface area (Å²) in [5.41, 5.74) is 6.18. The van der Waals surface area contributed by atoms with E-state index in [0.717, 1.165) is 0 Å². The number of aliphatic carboxylic acids is 1. The van der Waals surface area contributed by atoms with Gasteiger partial charge in [-0.05, 0) is 11.6 Å². The molecule has 0 aliphatic carbocycles. The Labute approximate surface area is 103 Å². The minimum atomic E-state index is -0.998. The fourth-order valence-electron chi connectivity index (χ4n) is 1.30. The van der Waals surface area contributed by atoms with E-state index in [9.17, 15) is 4.79 Å². The zero-order valence-corrected chi connectivity index (χ0v) is 10.0. The van der Waals surface area contributed by atoms with E-state index in [1.165, 1.54) is 7.11 Å². The van der Waals surface area contributed by atoms with Crippen molar-refractivity contribution in [1.29, 1.82) is 0 Å². The Balaban J connectivity index is 3.12. The Morgan fingerprint density at radius 3 is 2.69 bits per heavy atom. The number of nitrogens with two attached hydrogens (primary N) is 1. The molecule has 0 bridgehead atoms. The molecule has 88 valence electrons. The van der Waals surface area contributed by atoms with Gasteiger partial charge < -0.3 is 15.6 Å². The molecule has 0 heterocycles. The third kappa shape index (κ3) is 3.01. The molecule has 6 heteroatoms. The SMILES string of the molecule is COc1cc(Cl)cc(C(N)CC(=O)O)c1Cl. The van der Waals surface area contributed by atoms with Crippen LogP contribution in [-0.4, -0.2) is 18.2 Å². The predicted molar refractivity (Wildman–Crippen MR) is 62.2 cm³/mol. The van der Waals surface area contributed by atoms with Crippen molar-refractivity contribution in [3.05, 3.63) is 27.7 Å². The van der Waals surface area contributed by atoms with Gasteiger partial charge in [-0.25, -0.2) is 0 Å². The second kappa shape index (κ2) is 5.39. The minimum absolute atomic E-state index is 0.219. The molecule has 0 radical (unpaired) electrons. The molecule has 0 saturated carbocycles. The normalized spacial score (nSPS) is 12.2. The lowest BCUT2D eigenvalue weighted by Gasteiger charge is -2.14. The maximum absolute atomic E-state index is 10.5. The number of methoxy groups -OCH3 is 1. The molecule has 0 amide bonds. The van der Waals surface area contributed by atoms with Gasteiger partial charge in [-0.15, -0.1) is 0 Å². The number of halogens is 2. The van der Waals surface area contributed by atoms with Crippen molar-refractivity contribution >= 4 is 29.2 Å². The molecule has 1 rings (SSSR count). The first-order valence-corrected chi connectivity index (χ1v) is 5.21. The molecule has 1 atom stereocenters. The molecule has 0 fully saturated rings. The largest absolute Gasteiger partial charge is 0.495 e. The second-order valence-electron chi connectivity index (χ2n) is 3.22. The van der Waals surface area contributed by atoms with E-state index in [2.05, 4.69) is 0 Å². The van der Waals surface area contributed by atoms with E-state index in [4.69, 9.17) is 38.8 Å². The standard InChI is InChI=1S/C10H11Cl2NO3/c1-16-8-3-5(11)2-6(10(8)12)7(13)4-9(14)15/h2-3,7H,4,13H2,1H3,(H,14,15). The van der Waals surface area contributed by atoms with Crippen LogP contribution in [0.5, 0.6) is 5.75 Å². The fourth-order valence-corrected chi connectivity index (χ4v) is 1.84. The highest BCUT2D eigenvalue weighted by atomic mass is 35.5. The predicted octanol–water partition coefficient (Wildman–Crippen LogP) is 2.48. The molecular formula is C10H11Cl2NO3. The average molecular weight is 264 g/mol. The zero-order chi connectivity index (χ0) is 12.3. The van der Waals surface area contributed by atoms with E-state index >= 15 is 0 Å². The first-order valence-electron chi connectivity index (χ1n) is 4.46. The van der Waals surface area contributed by atoms with Crippen molar-refractivity contribution in [3.8, 4) is 5.75 Å². The van der Waals surface area contributed by atoms with Crippen molar-refractivity contribution in [2.75, 3.05) is 7.11 Å². The van der Waals surface area contributed by atoms with Crippen LogP contribution in [0.15, 0.2) is 12.1 Å². The summed E-state index contributed by atoms with van der Waals surface area (Å²) in [6.45, 7) is 0. The van der Waals surface area contributed by atoms with Crippen LogP contribution in [0.2, 0.25) is 10.0 Å². The van der Waals surface area contributed by atoms with Gasteiger partial charge >= 0.3 is 5.97 Å². The van der Waals surface area contributed by atoms with E-state index in [1.807, 2.05) is 0 Å². The molecule has 1 aromatic carbocycles.